The first-order valence-electron chi connectivity index (χ1n) is 1.65. The molecule has 0 N–H and O–H groups in total. The smallest absolute Gasteiger partial charge is 0.189 e. The van der Waals surface area contributed by atoms with Gasteiger partial charge in [-0.3, -0.25) is 4.79 Å². The van der Waals surface area contributed by atoms with Crippen molar-refractivity contribution in [1.82, 2.24) is 0 Å². The second-order valence-corrected chi connectivity index (χ2v) is 5.77. The van der Waals surface area contributed by atoms with Gasteiger partial charge in [-0.2, -0.15) is 0 Å². The molecule has 0 amide bonds. The second kappa shape index (κ2) is 3.46. The van der Waals surface area contributed by atoms with E-state index >= 15 is 0 Å². The average Bonchev–Trinajstić information content (AvgIpc) is 1.65. The molecule has 0 aromatic heterocycles. The average molecular weight is 154 g/mol. The molecule has 42 valence electrons. The quantitative estimate of drug-likeness (QED) is 0.497. The highest BCUT2D eigenvalue weighted by Crippen LogP contribution is 1.74. The number of carbonyl (C=O) groups excluding carboxylic acids is 1. The van der Waals surface area contributed by atoms with Crippen molar-refractivity contribution in [2.75, 3.05) is 6.26 Å². The normalized spacial score (nSPS) is 12.9. The number of carbonyl (C=O) groups is 1. The van der Waals surface area contributed by atoms with Gasteiger partial charge in [0.15, 0.2) is 5.12 Å². The van der Waals surface area contributed by atoms with Crippen LogP contribution < -0.4 is 0 Å². The van der Waals surface area contributed by atoms with Crippen molar-refractivity contribution in [3.05, 3.63) is 0 Å². The Bertz CT molecular complexity index is 133. The third-order valence-electron chi connectivity index (χ3n) is 0.507. The highest BCUT2D eigenvalue weighted by atomic mass is 33.1. The SMILES string of the molecule is CC(=O)S(C)=S=S. The molecule has 0 aliphatic rings. The summed E-state index contributed by atoms with van der Waals surface area (Å²) in [6.07, 6.45) is 1.83. The van der Waals surface area contributed by atoms with Crippen LogP contribution in [0.25, 0.3) is 0 Å². The van der Waals surface area contributed by atoms with Crippen LogP contribution in [0, 0.1) is 0 Å². The first-order chi connectivity index (χ1) is 3.18. The van der Waals surface area contributed by atoms with Crippen LogP contribution in [0.15, 0.2) is 0 Å². The minimum atomic E-state index is -0.236. The summed E-state index contributed by atoms with van der Waals surface area (Å²) in [5, 5.41) is 0.181. The first-order valence-corrected chi connectivity index (χ1v) is 5.54. The van der Waals surface area contributed by atoms with E-state index in [-0.39, 0.29) is 14.6 Å². The molecule has 0 saturated carbocycles. The maximum absolute atomic E-state index is 10.3. The van der Waals surface area contributed by atoms with E-state index in [0.29, 0.717) is 0 Å². The van der Waals surface area contributed by atoms with Crippen LogP contribution >= 0.6 is 0 Å². The lowest BCUT2D eigenvalue weighted by atomic mass is 10.9. The van der Waals surface area contributed by atoms with Gasteiger partial charge in [0.25, 0.3) is 0 Å². The van der Waals surface area contributed by atoms with Crippen molar-refractivity contribution in [2.24, 2.45) is 0 Å². The fourth-order valence-electron chi connectivity index (χ4n) is 0.0479. The third kappa shape index (κ3) is 3.08. The van der Waals surface area contributed by atoms with Crippen LogP contribution in [0.1, 0.15) is 6.92 Å². The predicted molar refractivity (Wildman–Crippen MR) is 38.7 cm³/mol. The van der Waals surface area contributed by atoms with E-state index in [1.165, 1.54) is 8.88 Å². The van der Waals surface area contributed by atoms with E-state index in [2.05, 4.69) is 11.2 Å². The minimum absolute atomic E-state index is 0.181. The summed E-state index contributed by atoms with van der Waals surface area (Å²) in [5.74, 6) is 0. The van der Waals surface area contributed by atoms with Gasteiger partial charge in [-0.15, -0.1) is 0 Å². The van der Waals surface area contributed by atoms with Gasteiger partial charge in [-0.05, 0) is 26.3 Å². The summed E-state index contributed by atoms with van der Waals surface area (Å²) in [4.78, 5) is 10.3. The summed E-state index contributed by atoms with van der Waals surface area (Å²) in [5.41, 5.74) is 0. The molecular weight excluding hydrogens is 148 g/mol. The number of rotatable bonds is 0. The topological polar surface area (TPSA) is 17.1 Å². The summed E-state index contributed by atoms with van der Waals surface area (Å²) >= 11 is 4.56. The van der Waals surface area contributed by atoms with Crippen molar-refractivity contribution in [3.63, 3.8) is 0 Å². The van der Waals surface area contributed by atoms with Crippen LogP contribution in [0.2, 0.25) is 0 Å². The fourth-order valence-corrected chi connectivity index (χ4v) is 1.29. The van der Waals surface area contributed by atoms with Crippen LogP contribution in [0.5, 0.6) is 0 Å². The van der Waals surface area contributed by atoms with Crippen molar-refractivity contribution in [3.8, 4) is 0 Å². The largest absolute Gasteiger partial charge is 0.287 e. The van der Waals surface area contributed by atoms with E-state index in [9.17, 15) is 4.79 Å². The van der Waals surface area contributed by atoms with Crippen LogP contribution in [0.4, 0.5) is 0 Å². The van der Waals surface area contributed by atoms with Crippen molar-refractivity contribution >= 4 is 34.6 Å². The number of hydrogen-bond acceptors (Lipinski definition) is 2. The standard InChI is InChI=1S/C3H6OS3/c1-3(4)7(2)6-5/h1-2H3. The van der Waals surface area contributed by atoms with E-state index in [0.717, 1.165) is 0 Å². The molecule has 4 heteroatoms. The predicted octanol–water partition coefficient (Wildman–Crippen LogP) is 0.240. The molecule has 0 radical (unpaired) electrons. The lowest BCUT2D eigenvalue weighted by Crippen LogP contribution is -1.95. The molecule has 0 bridgehead atoms. The molecule has 1 nitrogen and oxygen atoms in total. The molecule has 0 rings (SSSR count). The van der Waals surface area contributed by atoms with Gasteiger partial charge in [0.1, 0.15) is 0 Å². The molecule has 1 atom stereocenters. The number of hydrogen-bond donors (Lipinski definition) is 0. The molecule has 0 saturated heterocycles. The maximum Gasteiger partial charge on any atom is 0.189 e. The Labute approximate surface area is 52.9 Å². The van der Waals surface area contributed by atoms with Crippen LogP contribution in [-0.2, 0) is 34.3 Å². The van der Waals surface area contributed by atoms with Crippen LogP contribution in [-0.4, -0.2) is 11.4 Å². The van der Waals surface area contributed by atoms with Gasteiger partial charge in [-0.25, -0.2) is 0 Å². The highest BCUT2D eigenvalue weighted by Gasteiger charge is 1.87. The Morgan fingerprint density at radius 1 is 1.86 bits per heavy atom. The molecule has 0 aromatic rings. The Balaban J connectivity index is 4.10. The van der Waals surface area contributed by atoms with Crippen molar-refractivity contribution in [2.45, 2.75) is 6.92 Å². The third-order valence-corrected chi connectivity index (χ3v) is 4.67. The molecule has 0 heterocycles. The molecule has 0 aromatic carbocycles. The summed E-state index contributed by atoms with van der Waals surface area (Å²) < 4.78 is 0. The Morgan fingerprint density at radius 2 is 2.29 bits per heavy atom. The summed E-state index contributed by atoms with van der Waals surface area (Å²) in [6.45, 7) is 1.56. The fraction of sp³-hybridized carbons (Fsp3) is 0.667. The lowest BCUT2D eigenvalue weighted by Gasteiger charge is -1.82. The van der Waals surface area contributed by atoms with Crippen molar-refractivity contribution in [1.29, 1.82) is 0 Å². The monoisotopic (exact) mass is 154 g/mol. The second-order valence-electron chi connectivity index (χ2n) is 1.01. The Hall–Kier alpha value is 0.460. The zero-order valence-electron chi connectivity index (χ0n) is 4.13. The molecular formula is C3H6OS3. The van der Waals surface area contributed by atoms with Gasteiger partial charge in [0, 0.05) is 6.92 Å². The molecule has 0 fully saturated rings. The zero-order valence-corrected chi connectivity index (χ0v) is 6.58. The van der Waals surface area contributed by atoms with E-state index in [1.54, 1.807) is 6.92 Å². The summed E-state index contributed by atoms with van der Waals surface area (Å²) in [7, 11) is 0.958. The maximum atomic E-state index is 10.3. The van der Waals surface area contributed by atoms with Gasteiger partial charge in [0.2, 0.25) is 0 Å². The highest BCUT2D eigenvalue weighted by molar-refractivity contribution is 8.53. The molecule has 1 unspecified atom stereocenters. The van der Waals surface area contributed by atoms with Gasteiger partial charge >= 0.3 is 0 Å². The molecule has 7 heavy (non-hydrogen) atoms. The van der Waals surface area contributed by atoms with Gasteiger partial charge in [-0.1, -0.05) is 9.45 Å². The van der Waals surface area contributed by atoms with Crippen LogP contribution in [0.3, 0.4) is 0 Å². The van der Waals surface area contributed by atoms with E-state index < -0.39 is 0 Å². The molecule has 0 spiro atoms. The Morgan fingerprint density at radius 3 is 2.29 bits per heavy atom. The Kier molecular flexibility index (Phi) is 3.69. The minimum Gasteiger partial charge on any atom is -0.287 e. The van der Waals surface area contributed by atoms with Gasteiger partial charge in [0.05, 0.1) is 0 Å². The molecule has 0 aliphatic carbocycles. The van der Waals surface area contributed by atoms with Gasteiger partial charge < -0.3 is 0 Å². The zero-order chi connectivity index (χ0) is 5.86. The van der Waals surface area contributed by atoms with Crippen molar-refractivity contribution < 1.29 is 4.79 Å². The lowest BCUT2D eigenvalue weighted by molar-refractivity contribution is -0.109. The van der Waals surface area contributed by atoms with E-state index in [1.807, 2.05) is 6.26 Å². The first kappa shape index (κ1) is 7.46. The summed E-state index contributed by atoms with van der Waals surface area (Å²) in [6, 6.07) is 0. The van der Waals surface area contributed by atoms with E-state index in [4.69, 9.17) is 0 Å². The molecule has 0 aliphatic heterocycles.